The molecule has 2 N–H and O–H groups in total. The van der Waals surface area contributed by atoms with Crippen molar-refractivity contribution in [3.63, 3.8) is 0 Å². The number of hydrogen-bond donors (Lipinski definition) is 2. The van der Waals surface area contributed by atoms with Crippen molar-refractivity contribution in [2.75, 3.05) is 5.75 Å². The SMILES string of the molecule is CC(C)C(=O)NC1=C(C(=O)OC(C)(C)C)N2C(=O)C(NC(=O)Cc3ccccc3Cl)[C@@H]2SC1. The van der Waals surface area contributed by atoms with Crippen molar-refractivity contribution in [1.29, 1.82) is 0 Å². The minimum atomic E-state index is -0.787. The normalized spacial score (nSPS) is 20.2. The van der Waals surface area contributed by atoms with Crippen LogP contribution in [0.4, 0.5) is 0 Å². The summed E-state index contributed by atoms with van der Waals surface area (Å²) in [5, 5.41) is 5.51. The lowest BCUT2D eigenvalue weighted by molar-refractivity contribution is -0.159. The van der Waals surface area contributed by atoms with Crippen molar-refractivity contribution in [3.05, 3.63) is 46.2 Å². The zero-order chi connectivity index (χ0) is 24.5. The average Bonchev–Trinajstić information content (AvgIpc) is 2.71. The molecule has 1 aromatic carbocycles. The molecule has 3 amide bonds. The first-order valence-electron chi connectivity index (χ1n) is 10.6. The van der Waals surface area contributed by atoms with Crippen molar-refractivity contribution in [2.24, 2.45) is 5.92 Å². The molecular weight excluding hydrogens is 466 g/mol. The monoisotopic (exact) mass is 493 g/mol. The number of ether oxygens (including phenoxy) is 1. The fourth-order valence-corrected chi connectivity index (χ4v) is 4.85. The van der Waals surface area contributed by atoms with Gasteiger partial charge in [-0.05, 0) is 32.4 Å². The van der Waals surface area contributed by atoms with Gasteiger partial charge in [-0.3, -0.25) is 19.3 Å². The molecule has 2 aliphatic heterocycles. The summed E-state index contributed by atoms with van der Waals surface area (Å²) in [7, 11) is 0. The van der Waals surface area contributed by atoms with Gasteiger partial charge in [0, 0.05) is 16.7 Å². The minimum absolute atomic E-state index is 0.0178. The Balaban J connectivity index is 1.79. The maximum atomic E-state index is 13.0. The van der Waals surface area contributed by atoms with Crippen molar-refractivity contribution >= 4 is 47.1 Å². The van der Waals surface area contributed by atoms with E-state index in [2.05, 4.69) is 10.6 Å². The molecule has 2 heterocycles. The molecule has 8 nitrogen and oxygen atoms in total. The number of nitrogens with zero attached hydrogens (tertiary/aromatic N) is 1. The highest BCUT2D eigenvalue weighted by Gasteiger charge is 2.55. The zero-order valence-corrected chi connectivity index (χ0v) is 20.8. The number of thioether (sulfide) groups is 1. The van der Waals surface area contributed by atoms with Crippen LogP contribution < -0.4 is 10.6 Å². The Labute approximate surface area is 202 Å². The van der Waals surface area contributed by atoms with Gasteiger partial charge in [-0.1, -0.05) is 43.6 Å². The van der Waals surface area contributed by atoms with E-state index in [0.29, 0.717) is 22.0 Å². The van der Waals surface area contributed by atoms with Crippen LogP contribution in [0.3, 0.4) is 0 Å². The highest BCUT2D eigenvalue weighted by atomic mass is 35.5. The van der Waals surface area contributed by atoms with E-state index < -0.39 is 28.9 Å². The predicted octanol–water partition coefficient (Wildman–Crippen LogP) is 2.61. The van der Waals surface area contributed by atoms with Gasteiger partial charge in [-0.2, -0.15) is 0 Å². The van der Waals surface area contributed by atoms with E-state index in [0.717, 1.165) is 0 Å². The Morgan fingerprint density at radius 3 is 2.52 bits per heavy atom. The van der Waals surface area contributed by atoms with E-state index in [9.17, 15) is 19.2 Å². The number of esters is 1. The van der Waals surface area contributed by atoms with Gasteiger partial charge in [-0.15, -0.1) is 11.8 Å². The third-order valence-electron chi connectivity index (χ3n) is 4.98. The molecular formula is C23H28ClN3O5S. The Kier molecular flexibility index (Phi) is 7.43. The summed E-state index contributed by atoms with van der Waals surface area (Å²) in [4.78, 5) is 52.2. The summed E-state index contributed by atoms with van der Waals surface area (Å²) in [6, 6.07) is 6.22. The summed E-state index contributed by atoms with van der Waals surface area (Å²) in [6.45, 7) is 8.65. The lowest BCUT2D eigenvalue weighted by Crippen LogP contribution is -2.71. The Morgan fingerprint density at radius 1 is 1.24 bits per heavy atom. The molecule has 2 atom stereocenters. The molecule has 33 heavy (non-hydrogen) atoms. The largest absolute Gasteiger partial charge is 0.455 e. The van der Waals surface area contributed by atoms with E-state index in [1.807, 2.05) is 0 Å². The summed E-state index contributed by atoms with van der Waals surface area (Å²) in [6.07, 6.45) is 0.0330. The van der Waals surface area contributed by atoms with Gasteiger partial charge < -0.3 is 15.4 Å². The van der Waals surface area contributed by atoms with Gasteiger partial charge in [0.1, 0.15) is 17.0 Å². The van der Waals surface area contributed by atoms with Crippen LogP contribution in [0.15, 0.2) is 35.7 Å². The van der Waals surface area contributed by atoms with Crippen LogP contribution in [0.1, 0.15) is 40.2 Å². The molecule has 2 aliphatic rings. The Bertz CT molecular complexity index is 1020. The van der Waals surface area contributed by atoms with Gasteiger partial charge in [0.15, 0.2) is 5.70 Å². The third-order valence-corrected chi connectivity index (χ3v) is 6.63. The van der Waals surface area contributed by atoms with Gasteiger partial charge in [0.05, 0.1) is 12.1 Å². The topological polar surface area (TPSA) is 105 Å². The van der Waals surface area contributed by atoms with Crippen LogP contribution in [-0.2, 0) is 30.3 Å². The highest BCUT2D eigenvalue weighted by molar-refractivity contribution is 8.00. The van der Waals surface area contributed by atoms with Gasteiger partial charge >= 0.3 is 5.97 Å². The van der Waals surface area contributed by atoms with Crippen molar-refractivity contribution in [3.8, 4) is 0 Å². The number of β-lactam (4-membered cyclic amide) rings is 1. The van der Waals surface area contributed by atoms with Gasteiger partial charge in [0.25, 0.3) is 5.91 Å². The number of halogens is 1. The number of amides is 3. The van der Waals surface area contributed by atoms with E-state index in [1.54, 1.807) is 58.9 Å². The third kappa shape index (κ3) is 5.70. The molecule has 1 aromatic rings. The predicted molar refractivity (Wildman–Crippen MR) is 126 cm³/mol. The first-order valence-corrected chi connectivity index (χ1v) is 12.1. The maximum Gasteiger partial charge on any atom is 0.357 e. The average molecular weight is 494 g/mol. The highest BCUT2D eigenvalue weighted by Crippen LogP contribution is 2.40. The Hall–Kier alpha value is -2.52. The number of hydrogen-bond acceptors (Lipinski definition) is 6. The first-order chi connectivity index (χ1) is 15.4. The molecule has 1 unspecified atom stereocenters. The number of fused-ring (bicyclic) bond motifs is 1. The molecule has 0 spiro atoms. The molecule has 1 fully saturated rings. The zero-order valence-electron chi connectivity index (χ0n) is 19.2. The second kappa shape index (κ2) is 9.77. The van der Waals surface area contributed by atoms with Crippen molar-refractivity contribution in [1.82, 2.24) is 15.5 Å². The summed E-state index contributed by atoms with van der Waals surface area (Å²) < 4.78 is 5.51. The van der Waals surface area contributed by atoms with E-state index in [-0.39, 0.29) is 29.9 Å². The standard InChI is InChI=1S/C23H28ClN3O5S/c1-12(2)19(29)25-15-11-33-21-17(26-16(28)10-13-8-6-7-9-14(13)24)20(30)27(21)18(15)22(31)32-23(3,4)5/h6-9,12,17,21H,10-11H2,1-5H3,(H,25,29)(H,26,28)/t17?,21-/m0/s1. The Morgan fingerprint density at radius 2 is 1.91 bits per heavy atom. The second-order valence-corrected chi connectivity index (χ2v) is 10.7. The molecule has 0 aromatic heterocycles. The number of rotatable bonds is 6. The quantitative estimate of drug-likeness (QED) is 0.466. The fourth-order valence-electron chi connectivity index (χ4n) is 3.36. The smallest absolute Gasteiger partial charge is 0.357 e. The number of carbonyl (C=O) groups is 4. The van der Waals surface area contributed by atoms with E-state index in [1.165, 1.54) is 16.7 Å². The number of carbonyl (C=O) groups excluding carboxylic acids is 4. The van der Waals surface area contributed by atoms with Gasteiger partial charge in [-0.25, -0.2) is 4.79 Å². The summed E-state index contributed by atoms with van der Waals surface area (Å²) in [5.41, 5.74) is 0.223. The molecule has 1 saturated heterocycles. The minimum Gasteiger partial charge on any atom is -0.455 e. The summed E-state index contributed by atoms with van der Waals surface area (Å²) >= 11 is 7.49. The molecule has 3 rings (SSSR count). The lowest BCUT2D eigenvalue weighted by atomic mass is 10.0. The summed E-state index contributed by atoms with van der Waals surface area (Å²) in [5.74, 6) is -1.74. The van der Waals surface area contributed by atoms with Crippen LogP contribution in [0.5, 0.6) is 0 Å². The van der Waals surface area contributed by atoms with Crippen molar-refractivity contribution < 1.29 is 23.9 Å². The molecule has 0 aliphatic carbocycles. The van der Waals surface area contributed by atoms with Crippen LogP contribution in [0.2, 0.25) is 5.02 Å². The molecule has 0 bridgehead atoms. The molecule has 0 radical (unpaired) electrons. The van der Waals surface area contributed by atoms with Crippen LogP contribution in [0, 0.1) is 5.92 Å². The van der Waals surface area contributed by atoms with E-state index in [4.69, 9.17) is 16.3 Å². The second-order valence-electron chi connectivity index (χ2n) is 9.20. The van der Waals surface area contributed by atoms with Crippen molar-refractivity contribution in [2.45, 2.75) is 58.1 Å². The number of benzene rings is 1. The first kappa shape index (κ1) is 25.1. The van der Waals surface area contributed by atoms with Crippen LogP contribution >= 0.6 is 23.4 Å². The molecule has 0 saturated carbocycles. The van der Waals surface area contributed by atoms with E-state index >= 15 is 0 Å². The molecule has 178 valence electrons. The molecule has 10 heteroatoms. The fraction of sp³-hybridized carbons (Fsp3) is 0.478. The van der Waals surface area contributed by atoms with Gasteiger partial charge in [0.2, 0.25) is 11.8 Å². The van der Waals surface area contributed by atoms with Crippen LogP contribution in [-0.4, -0.2) is 51.4 Å². The van der Waals surface area contributed by atoms with Crippen LogP contribution in [0.25, 0.3) is 0 Å². The lowest BCUT2D eigenvalue weighted by Gasteiger charge is -2.49. The number of nitrogens with one attached hydrogen (secondary N) is 2. The maximum absolute atomic E-state index is 13.0.